The van der Waals surface area contributed by atoms with Crippen LogP contribution in [0.15, 0.2) is 48.7 Å². The molecule has 18 heteroatoms. The summed E-state index contributed by atoms with van der Waals surface area (Å²) < 4.78 is 89.4. The molecule has 12 nitrogen and oxygen atoms in total. The molecule has 1 amide bonds. The molecule has 0 unspecified atom stereocenters. The van der Waals surface area contributed by atoms with Crippen LogP contribution in [0.25, 0.3) is 0 Å². The average Bonchev–Trinajstić information content (AvgIpc) is 3.02. The number of nitrogens with one attached hydrogen (secondary N) is 2. The zero-order valence-electron chi connectivity index (χ0n) is 25.2. The van der Waals surface area contributed by atoms with E-state index in [-0.39, 0.29) is 24.1 Å². The van der Waals surface area contributed by atoms with Crippen molar-refractivity contribution in [2.24, 2.45) is 5.92 Å². The van der Waals surface area contributed by atoms with Crippen molar-refractivity contribution < 1.29 is 60.0 Å². The Kier molecular flexibility index (Phi) is 12.3. The minimum atomic E-state index is -5.08. The van der Waals surface area contributed by atoms with E-state index in [0.29, 0.717) is 59.8 Å². The normalized spacial score (nSPS) is 14.7. The Hall–Kier alpha value is -5.16. The van der Waals surface area contributed by atoms with Crippen LogP contribution in [0.4, 0.5) is 43.8 Å². The molecule has 1 fully saturated rings. The first-order chi connectivity index (χ1) is 22.1. The number of ether oxygens (including phenoxy) is 4. The maximum atomic E-state index is 12.9. The van der Waals surface area contributed by atoms with Gasteiger partial charge >= 0.3 is 18.5 Å². The molecule has 4 rings (SSSR count). The number of carbonyl (C=O) groups is 2. The summed E-state index contributed by atoms with van der Waals surface area (Å²) in [7, 11) is 4.58. The average molecular weight is 676 g/mol. The highest BCUT2D eigenvalue weighted by atomic mass is 19.4. The van der Waals surface area contributed by atoms with Crippen LogP contribution in [0.3, 0.4) is 0 Å². The first-order valence-corrected chi connectivity index (χ1v) is 13.7. The minimum absolute atomic E-state index is 0.0841. The molecular weight excluding hydrogens is 644 g/mol. The number of benzene rings is 2. The van der Waals surface area contributed by atoms with E-state index < -0.39 is 18.5 Å². The number of rotatable bonds is 10. The number of aliphatic carboxylic acids is 1. The molecular formula is C29H31F6N5O7. The fourth-order valence-corrected chi connectivity index (χ4v) is 4.45. The number of anilines is 3. The molecule has 2 heterocycles. The molecule has 47 heavy (non-hydrogen) atoms. The Morgan fingerprint density at radius 2 is 1.66 bits per heavy atom. The van der Waals surface area contributed by atoms with Gasteiger partial charge in [0.2, 0.25) is 17.6 Å². The number of piperidine rings is 1. The third-order valence-corrected chi connectivity index (χ3v) is 6.52. The Balaban J connectivity index is 0.000000771. The molecule has 0 aliphatic carbocycles. The number of carboxylic acid groups (broad SMARTS) is 1. The van der Waals surface area contributed by atoms with Crippen molar-refractivity contribution in [3.8, 4) is 23.0 Å². The Morgan fingerprint density at radius 1 is 1.00 bits per heavy atom. The Bertz CT molecular complexity index is 1500. The lowest BCUT2D eigenvalue weighted by Gasteiger charge is -2.33. The number of alkyl halides is 6. The topological polar surface area (TPSA) is 144 Å². The predicted molar refractivity (Wildman–Crippen MR) is 155 cm³/mol. The van der Waals surface area contributed by atoms with E-state index >= 15 is 0 Å². The van der Waals surface area contributed by atoms with Crippen LogP contribution in [0.1, 0.15) is 18.4 Å². The lowest BCUT2D eigenvalue weighted by molar-refractivity contribution is -0.274. The summed E-state index contributed by atoms with van der Waals surface area (Å²) in [6.07, 6.45) is -6.78. The zero-order valence-corrected chi connectivity index (χ0v) is 25.2. The molecule has 0 spiro atoms. The number of hydrogen-bond donors (Lipinski definition) is 3. The van der Waals surface area contributed by atoms with Crippen molar-refractivity contribution in [2.75, 3.05) is 44.6 Å². The summed E-state index contributed by atoms with van der Waals surface area (Å²) in [6.45, 7) is 1.23. The van der Waals surface area contributed by atoms with Gasteiger partial charge in [-0.1, -0.05) is 12.1 Å². The van der Waals surface area contributed by atoms with Gasteiger partial charge in [0.15, 0.2) is 11.5 Å². The maximum Gasteiger partial charge on any atom is 0.573 e. The summed E-state index contributed by atoms with van der Waals surface area (Å²) in [5.74, 6) is -1.17. The van der Waals surface area contributed by atoms with Gasteiger partial charge in [0.05, 0.1) is 27.2 Å². The first kappa shape index (κ1) is 36.3. The number of carboxylic acids is 1. The van der Waals surface area contributed by atoms with Crippen LogP contribution in [0.2, 0.25) is 0 Å². The highest BCUT2D eigenvalue weighted by Crippen LogP contribution is 2.40. The van der Waals surface area contributed by atoms with E-state index in [1.165, 1.54) is 39.5 Å². The highest BCUT2D eigenvalue weighted by Gasteiger charge is 2.38. The molecule has 3 N–H and O–H groups in total. The largest absolute Gasteiger partial charge is 0.573 e. The van der Waals surface area contributed by atoms with Gasteiger partial charge in [-0.05, 0) is 36.6 Å². The number of hydrogen-bond acceptors (Lipinski definition) is 10. The molecule has 1 aromatic heterocycles. The van der Waals surface area contributed by atoms with Gasteiger partial charge in [0.25, 0.3) is 0 Å². The van der Waals surface area contributed by atoms with Gasteiger partial charge in [-0.3, -0.25) is 4.79 Å². The molecule has 1 aliphatic heterocycles. The fraction of sp³-hybridized carbons (Fsp3) is 0.379. The minimum Gasteiger partial charge on any atom is -0.493 e. The zero-order chi connectivity index (χ0) is 34.8. The molecule has 3 aromatic rings. The third kappa shape index (κ3) is 11.0. The van der Waals surface area contributed by atoms with Crippen molar-refractivity contribution in [3.05, 3.63) is 54.2 Å². The quantitative estimate of drug-likeness (QED) is 0.241. The second kappa shape index (κ2) is 15.9. The van der Waals surface area contributed by atoms with Crippen LogP contribution in [-0.2, 0) is 16.1 Å². The molecule has 0 bridgehead atoms. The van der Waals surface area contributed by atoms with Crippen molar-refractivity contribution in [3.63, 3.8) is 0 Å². The Labute approximate surface area is 264 Å². The number of methoxy groups -OCH3 is 3. The van der Waals surface area contributed by atoms with Gasteiger partial charge in [-0.25, -0.2) is 9.78 Å². The SMILES string of the molecule is COc1cc(Nc2nccc(N3CCC[C@H](C(=O)NCc4cccc(OC(F)(F)F)c4)C3)n2)cc(OC)c1OC.O=C(O)C(F)(F)F. The summed E-state index contributed by atoms with van der Waals surface area (Å²) >= 11 is 0. The summed E-state index contributed by atoms with van der Waals surface area (Å²) in [4.78, 5) is 32.8. The molecule has 256 valence electrons. The monoisotopic (exact) mass is 675 g/mol. The summed E-state index contributed by atoms with van der Waals surface area (Å²) in [5, 5.41) is 13.1. The standard InChI is InChI=1S/C27H30F3N5O5.C2HF3O2/c1-37-21-13-19(14-22(38-2)24(21)39-3)33-26-31-10-9-23(34-26)35-11-5-7-18(16-35)25(36)32-15-17-6-4-8-20(12-17)40-27(28,29)30;3-2(4,5)1(6)7/h4,6,8-10,12-14,18H,5,7,11,15-16H2,1-3H3,(H,32,36)(H,31,33,34);(H,6,7)/t18-;/m0./s1. The van der Waals surface area contributed by atoms with Gasteiger partial charge in [0, 0.05) is 43.7 Å². The van der Waals surface area contributed by atoms with Crippen molar-refractivity contribution in [2.45, 2.75) is 31.9 Å². The van der Waals surface area contributed by atoms with E-state index in [1.807, 2.05) is 4.90 Å². The van der Waals surface area contributed by atoms with Gasteiger partial charge in [-0.2, -0.15) is 18.2 Å². The van der Waals surface area contributed by atoms with Crippen molar-refractivity contribution in [1.29, 1.82) is 0 Å². The van der Waals surface area contributed by atoms with Crippen LogP contribution >= 0.6 is 0 Å². The van der Waals surface area contributed by atoms with Crippen LogP contribution < -0.4 is 34.5 Å². The van der Waals surface area contributed by atoms with Crippen LogP contribution in [-0.4, -0.2) is 73.9 Å². The van der Waals surface area contributed by atoms with Crippen LogP contribution in [0, 0.1) is 5.92 Å². The number of aromatic nitrogens is 2. The lowest BCUT2D eigenvalue weighted by atomic mass is 9.97. The number of nitrogens with zero attached hydrogens (tertiary/aromatic N) is 3. The van der Waals surface area contributed by atoms with Crippen molar-refractivity contribution in [1.82, 2.24) is 15.3 Å². The molecule has 1 aliphatic rings. The number of halogens is 6. The number of carbonyl (C=O) groups excluding carboxylic acids is 1. The second-order valence-electron chi connectivity index (χ2n) is 9.78. The summed E-state index contributed by atoms with van der Waals surface area (Å²) in [6, 6.07) is 10.8. The van der Waals surface area contributed by atoms with Gasteiger partial charge in [-0.15, -0.1) is 13.2 Å². The maximum absolute atomic E-state index is 12.9. The molecule has 1 saturated heterocycles. The second-order valence-corrected chi connectivity index (χ2v) is 9.78. The molecule has 2 aromatic carbocycles. The fourth-order valence-electron chi connectivity index (χ4n) is 4.45. The van der Waals surface area contributed by atoms with E-state index in [9.17, 15) is 31.1 Å². The number of amides is 1. The van der Waals surface area contributed by atoms with E-state index in [4.69, 9.17) is 24.1 Å². The van der Waals surface area contributed by atoms with Crippen LogP contribution in [0.5, 0.6) is 23.0 Å². The molecule has 1 atom stereocenters. The molecule has 0 saturated carbocycles. The van der Waals surface area contributed by atoms with Gasteiger partial charge in [0.1, 0.15) is 11.6 Å². The molecule has 0 radical (unpaired) electrons. The van der Waals surface area contributed by atoms with E-state index in [2.05, 4.69) is 25.3 Å². The summed E-state index contributed by atoms with van der Waals surface area (Å²) in [5.41, 5.74) is 1.13. The van der Waals surface area contributed by atoms with Gasteiger partial charge < -0.3 is 39.6 Å². The van der Waals surface area contributed by atoms with E-state index in [1.54, 1.807) is 30.5 Å². The Morgan fingerprint density at radius 3 is 2.23 bits per heavy atom. The third-order valence-electron chi connectivity index (χ3n) is 6.52. The lowest BCUT2D eigenvalue weighted by Crippen LogP contribution is -2.43. The highest BCUT2D eigenvalue weighted by molar-refractivity contribution is 5.79. The smallest absolute Gasteiger partial charge is 0.493 e. The first-order valence-electron chi connectivity index (χ1n) is 13.7. The van der Waals surface area contributed by atoms with Crippen molar-refractivity contribution >= 4 is 29.3 Å². The predicted octanol–water partition coefficient (Wildman–Crippen LogP) is 5.31. The van der Waals surface area contributed by atoms with E-state index in [0.717, 1.165) is 6.42 Å².